The van der Waals surface area contributed by atoms with Crippen LogP contribution in [0.15, 0.2) is 24.3 Å². The van der Waals surface area contributed by atoms with Gasteiger partial charge in [-0.05, 0) is 36.1 Å². The molecule has 18 heavy (non-hydrogen) atoms. The molecule has 1 aromatic rings. The lowest BCUT2D eigenvalue weighted by atomic mass is 9.97. The van der Waals surface area contributed by atoms with E-state index in [1.807, 2.05) is 19.9 Å². The van der Waals surface area contributed by atoms with E-state index in [1.54, 1.807) is 6.07 Å². The third-order valence-corrected chi connectivity index (χ3v) is 2.68. The summed E-state index contributed by atoms with van der Waals surface area (Å²) in [7, 11) is 0. The second kappa shape index (κ2) is 6.00. The smallest absolute Gasteiger partial charge is 0.336 e. The van der Waals surface area contributed by atoms with Crippen LogP contribution < -0.4 is 0 Å². The molecule has 0 aliphatic rings. The van der Waals surface area contributed by atoms with Gasteiger partial charge in [-0.25, -0.2) is 9.59 Å². The van der Waals surface area contributed by atoms with Crippen LogP contribution in [-0.2, 0) is 0 Å². The van der Waals surface area contributed by atoms with Crippen molar-refractivity contribution in [2.75, 3.05) is 0 Å². The standard InChI is InChI=1S/C14H16O4/c1-3-5-9(4-2)10-6-7-11(13(15)16)12(8-10)14(17)18/h5-8H,3-4H2,1-2H3,(H,15,16)(H,17,18). The zero-order valence-corrected chi connectivity index (χ0v) is 10.4. The molecule has 1 rings (SSSR count). The molecule has 4 heteroatoms. The Balaban J connectivity index is 3.35. The minimum absolute atomic E-state index is 0.171. The maximum Gasteiger partial charge on any atom is 0.336 e. The second-order valence-corrected chi connectivity index (χ2v) is 3.86. The van der Waals surface area contributed by atoms with Crippen molar-refractivity contribution in [3.05, 3.63) is 41.0 Å². The number of aromatic carboxylic acids is 2. The first kappa shape index (κ1) is 14.0. The number of allylic oxidation sites excluding steroid dienone is 2. The normalized spacial score (nSPS) is 11.3. The zero-order valence-electron chi connectivity index (χ0n) is 10.4. The van der Waals surface area contributed by atoms with Crippen molar-refractivity contribution in [2.24, 2.45) is 0 Å². The predicted molar refractivity (Wildman–Crippen MR) is 68.9 cm³/mol. The molecule has 2 N–H and O–H groups in total. The Morgan fingerprint density at radius 3 is 2.17 bits per heavy atom. The minimum atomic E-state index is -1.23. The molecule has 0 atom stereocenters. The molecule has 0 saturated carbocycles. The number of rotatable bonds is 5. The average molecular weight is 248 g/mol. The van der Waals surface area contributed by atoms with E-state index in [-0.39, 0.29) is 11.1 Å². The van der Waals surface area contributed by atoms with Crippen LogP contribution in [0, 0.1) is 0 Å². The largest absolute Gasteiger partial charge is 0.478 e. The summed E-state index contributed by atoms with van der Waals surface area (Å²) in [6.07, 6.45) is 3.65. The molecular formula is C14H16O4. The molecule has 0 bridgehead atoms. The van der Waals surface area contributed by atoms with Crippen molar-refractivity contribution in [2.45, 2.75) is 26.7 Å². The SMILES string of the molecule is CCC=C(CC)c1ccc(C(=O)O)c(C(=O)O)c1. The lowest BCUT2D eigenvalue weighted by Gasteiger charge is -2.08. The Hall–Kier alpha value is -2.10. The second-order valence-electron chi connectivity index (χ2n) is 3.86. The Bertz CT molecular complexity index is 501. The number of carboxylic acid groups (broad SMARTS) is 2. The van der Waals surface area contributed by atoms with Crippen LogP contribution in [0.5, 0.6) is 0 Å². The zero-order chi connectivity index (χ0) is 13.7. The fourth-order valence-corrected chi connectivity index (χ4v) is 1.82. The van der Waals surface area contributed by atoms with Crippen LogP contribution in [0.3, 0.4) is 0 Å². The van der Waals surface area contributed by atoms with Gasteiger partial charge in [0.15, 0.2) is 0 Å². The van der Waals surface area contributed by atoms with Crippen LogP contribution in [0.2, 0.25) is 0 Å². The summed E-state index contributed by atoms with van der Waals surface area (Å²) in [5.41, 5.74) is 1.44. The van der Waals surface area contributed by atoms with Crippen molar-refractivity contribution < 1.29 is 19.8 Å². The molecule has 0 amide bonds. The number of hydrogen-bond donors (Lipinski definition) is 2. The Morgan fingerprint density at radius 2 is 1.72 bits per heavy atom. The number of carbonyl (C=O) groups is 2. The van der Waals surface area contributed by atoms with Gasteiger partial charge in [0.2, 0.25) is 0 Å². The van der Waals surface area contributed by atoms with Gasteiger partial charge in [0.25, 0.3) is 0 Å². The van der Waals surface area contributed by atoms with E-state index < -0.39 is 11.9 Å². The van der Waals surface area contributed by atoms with Crippen LogP contribution in [0.25, 0.3) is 5.57 Å². The van der Waals surface area contributed by atoms with Crippen molar-refractivity contribution in [3.8, 4) is 0 Å². The molecule has 0 radical (unpaired) electrons. The fourth-order valence-electron chi connectivity index (χ4n) is 1.82. The van der Waals surface area contributed by atoms with Gasteiger partial charge in [-0.2, -0.15) is 0 Å². The highest BCUT2D eigenvalue weighted by Crippen LogP contribution is 2.22. The van der Waals surface area contributed by atoms with Crippen LogP contribution in [0.4, 0.5) is 0 Å². The monoisotopic (exact) mass is 248 g/mol. The molecule has 96 valence electrons. The van der Waals surface area contributed by atoms with Gasteiger partial charge in [0, 0.05) is 0 Å². The van der Waals surface area contributed by atoms with E-state index in [9.17, 15) is 9.59 Å². The van der Waals surface area contributed by atoms with Crippen molar-refractivity contribution in [3.63, 3.8) is 0 Å². The highest BCUT2D eigenvalue weighted by atomic mass is 16.4. The van der Waals surface area contributed by atoms with Gasteiger partial charge < -0.3 is 10.2 Å². The number of carboxylic acids is 2. The summed E-state index contributed by atoms with van der Waals surface area (Å²) in [5, 5.41) is 18.0. The quantitative estimate of drug-likeness (QED) is 0.838. The average Bonchev–Trinajstić information content (AvgIpc) is 2.35. The van der Waals surface area contributed by atoms with Crippen LogP contribution in [0.1, 0.15) is 53.0 Å². The van der Waals surface area contributed by atoms with Gasteiger partial charge in [-0.1, -0.05) is 26.0 Å². The lowest BCUT2D eigenvalue weighted by Crippen LogP contribution is -2.08. The predicted octanol–water partition coefficient (Wildman–Crippen LogP) is 3.29. The van der Waals surface area contributed by atoms with E-state index in [0.717, 1.165) is 24.0 Å². The highest BCUT2D eigenvalue weighted by molar-refractivity contribution is 6.02. The first-order chi connectivity index (χ1) is 8.51. The summed E-state index contributed by atoms with van der Waals surface area (Å²) >= 11 is 0. The van der Waals surface area contributed by atoms with Crippen LogP contribution >= 0.6 is 0 Å². The third-order valence-electron chi connectivity index (χ3n) is 2.68. The molecule has 0 spiro atoms. The summed E-state index contributed by atoms with van der Waals surface area (Å²) in [5.74, 6) is -2.45. The van der Waals surface area contributed by atoms with Gasteiger partial charge in [-0.15, -0.1) is 0 Å². The Kier molecular flexibility index (Phi) is 4.66. The fraction of sp³-hybridized carbons (Fsp3) is 0.286. The van der Waals surface area contributed by atoms with Gasteiger partial charge in [0.1, 0.15) is 0 Å². The Morgan fingerprint density at radius 1 is 1.11 bits per heavy atom. The lowest BCUT2D eigenvalue weighted by molar-refractivity contribution is 0.0651. The molecule has 0 fully saturated rings. The minimum Gasteiger partial charge on any atom is -0.478 e. The molecule has 0 aliphatic carbocycles. The summed E-state index contributed by atoms with van der Waals surface area (Å²) < 4.78 is 0. The van der Waals surface area contributed by atoms with Gasteiger partial charge >= 0.3 is 11.9 Å². The molecule has 0 aliphatic heterocycles. The molecule has 0 saturated heterocycles. The number of benzene rings is 1. The molecule has 1 aromatic carbocycles. The topological polar surface area (TPSA) is 74.6 Å². The van der Waals surface area contributed by atoms with Gasteiger partial charge in [-0.3, -0.25) is 0 Å². The maximum absolute atomic E-state index is 11.1. The molecule has 0 heterocycles. The molecule has 4 nitrogen and oxygen atoms in total. The van der Waals surface area contributed by atoms with E-state index in [1.165, 1.54) is 12.1 Å². The maximum atomic E-state index is 11.1. The van der Waals surface area contributed by atoms with E-state index >= 15 is 0 Å². The number of hydrogen-bond acceptors (Lipinski definition) is 2. The van der Waals surface area contributed by atoms with E-state index in [2.05, 4.69) is 0 Å². The third kappa shape index (κ3) is 2.97. The summed E-state index contributed by atoms with van der Waals surface area (Å²) in [4.78, 5) is 22.0. The van der Waals surface area contributed by atoms with E-state index in [0.29, 0.717) is 0 Å². The first-order valence-corrected chi connectivity index (χ1v) is 5.81. The Labute approximate surface area is 106 Å². The van der Waals surface area contributed by atoms with Crippen molar-refractivity contribution in [1.82, 2.24) is 0 Å². The first-order valence-electron chi connectivity index (χ1n) is 5.81. The van der Waals surface area contributed by atoms with E-state index in [4.69, 9.17) is 10.2 Å². The molecule has 0 unspecified atom stereocenters. The molecule has 0 aromatic heterocycles. The molecular weight excluding hydrogens is 232 g/mol. The highest BCUT2D eigenvalue weighted by Gasteiger charge is 2.16. The summed E-state index contributed by atoms with van der Waals surface area (Å²) in [6, 6.07) is 4.43. The summed E-state index contributed by atoms with van der Waals surface area (Å²) in [6.45, 7) is 3.98. The van der Waals surface area contributed by atoms with Crippen molar-refractivity contribution >= 4 is 17.5 Å². The van der Waals surface area contributed by atoms with Crippen molar-refractivity contribution in [1.29, 1.82) is 0 Å². The van der Waals surface area contributed by atoms with Gasteiger partial charge in [0.05, 0.1) is 11.1 Å². The van der Waals surface area contributed by atoms with Crippen LogP contribution in [-0.4, -0.2) is 22.2 Å².